The summed E-state index contributed by atoms with van der Waals surface area (Å²) in [5.41, 5.74) is 5.79. The zero-order valence-corrected chi connectivity index (χ0v) is 17.4. The van der Waals surface area contributed by atoms with Crippen LogP contribution in [0.5, 0.6) is 0 Å². The molecule has 5 rings (SSSR count). The summed E-state index contributed by atoms with van der Waals surface area (Å²) in [6.07, 6.45) is 13.9. The zero-order chi connectivity index (χ0) is 22.1. The van der Waals surface area contributed by atoms with Gasteiger partial charge < -0.3 is 10.6 Å². The number of allylic oxidation sites excluding steroid dienone is 3. The Hall–Kier alpha value is -4.26. The average molecular weight is 423 g/mol. The maximum atomic E-state index is 12.7. The number of nitrogens with one attached hydrogen (secondary N) is 3. The number of rotatable bonds is 4. The molecule has 0 bridgehead atoms. The number of H-pyrrole nitrogens is 1. The Labute approximate surface area is 184 Å². The third-order valence-electron chi connectivity index (χ3n) is 5.57. The maximum absolute atomic E-state index is 12.7. The van der Waals surface area contributed by atoms with Gasteiger partial charge in [-0.1, -0.05) is 18.2 Å². The molecule has 0 saturated carbocycles. The first-order valence-electron chi connectivity index (χ1n) is 10.4. The minimum absolute atomic E-state index is 0.0920. The van der Waals surface area contributed by atoms with Crippen molar-refractivity contribution in [2.45, 2.75) is 13.3 Å². The first kappa shape index (κ1) is 19.7. The van der Waals surface area contributed by atoms with Crippen molar-refractivity contribution in [3.05, 3.63) is 88.7 Å². The van der Waals surface area contributed by atoms with Crippen LogP contribution in [0, 0.1) is 5.92 Å². The minimum atomic E-state index is -0.164. The number of carbonyl (C=O) groups excluding carboxylic acids is 2. The summed E-state index contributed by atoms with van der Waals surface area (Å²) >= 11 is 0. The summed E-state index contributed by atoms with van der Waals surface area (Å²) < 4.78 is 0. The highest BCUT2D eigenvalue weighted by Gasteiger charge is 2.35. The van der Waals surface area contributed by atoms with Gasteiger partial charge in [-0.3, -0.25) is 19.7 Å². The van der Waals surface area contributed by atoms with E-state index < -0.39 is 0 Å². The molecule has 0 radical (unpaired) electrons. The molecule has 0 spiro atoms. The Morgan fingerprint density at radius 1 is 1.16 bits per heavy atom. The summed E-state index contributed by atoms with van der Waals surface area (Å²) in [6.45, 7) is 1.46. The molecule has 2 amide bonds. The van der Waals surface area contributed by atoms with Crippen LogP contribution in [-0.2, 0) is 9.59 Å². The number of amides is 2. The highest BCUT2D eigenvalue weighted by molar-refractivity contribution is 6.04. The molecule has 1 aliphatic heterocycles. The number of benzene rings is 1. The predicted octanol–water partition coefficient (Wildman–Crippen LogP) is 3.57. The summed E-state index contributed by atoms with van der Waals surface area (Å²) in [4.78, 5) is 28.2. The maximum Gasteiger partial charge on any atom is 0.252 e. The number of nitrogens with zero attached hydrogens (tertiary/aromatic N) is 2. The van der Waals surface area contributed by atoms with Crippen molar-refractivity contribution in [1.29, 1.82) is 0 Å². The van der Waals surface area contributed by atoms with E-state index in [9.17, 15) is 9.59 Å². The van der Waals surface area contributed by atoms with E-state index in [0.29, 0.717) is 17.7 Å². The highest BCUT2D eigenvalue weighted by Crippen LogP contribution is 2.35. The molecule has 7 nitrogen and oxygen atoms in total. The fourth-order valence-corrected chi connectivity index (χ4v) is 4.08. The van der Waals surface area contributed by atoms with E-state index in [2.05, 4.69) is 25.8 Å². The average Bonchev–Trinajstić information content (AvgIpc) is 3.34. The van der Waals surface area contributed by atoms with Crippen molar-refractivity contribution in [3.63, 3.8) is 0 Å². The van der Waals surface area contributed by atoms with Crippen molar-refractivity contribution in [3.8, 4) is 0 Å². The topological polar surface area (TPSA) is 99.8 Å². The van der Waals surface area contributed by atoms with E-state index in [1.165, 1.54) is 6.92 Å². The Kier molecular flexibility index (Phi) is 4.99. The number of hydrogen-bond donors (Lipinski definition) is 3. The van der Waals surface area contributed by atoms with Crippen LogP contribution in [0.3, 0.4) is 0 Å². The van der Waals surface area contributed by atoms with Crippen LogP contribution >= 0.6 is 0 Å². The van der Waals surface area contributed by atoms with Gasteiger partial charge in [-0.25, -0.2) is 0 Å². The van der Waals surface area contributed by atoms with Crippen LogP contribution in [-0.4, -0.2) is 27.0 Å². The zero-order valence-electron chi connectivity index (χ0n) is 17.4. The van der Waals surface area contributed by atoms with Crippen LogP contribution in [0.15, 0.2) is 71.8 Å². The second-order valence-corrected chi connectivity index (χ2v) is 7.78. The van der Waals surface area contributed by atoms with Crippen molar-refractivity contribution >= 4 is 40.9 Å². The molecule has 1 fully saturated rings. The SMILES string of the molecule is CC(=O)NC1=C2NC(=O)/C(=C/c3ccc4c(/C=C/c5ccncc5)n[nH]c4c3)C2CC=C1. The van der Waals surface area contributed by atoms with Gasteiger partial charge in [0.2, 0.25) is 5.91 Å². The van der Waals surface area contributed by atoms with Crippen LogP contribution < -0.4 is 10.6 Å². The number of fused-ring (bicyclic) bond motifs is 2. The highest BCUT2D eigenvalue weighted by atomic mass is 16.2. The van der Waals surface area contributed by atoms with Crippen LogP contribution in [0.4, 0.5) is 0 Å². The molecule has 1 aliphatic carbocycles. The molecule has 1 saturated heterocycles. The number of hydrogen-bond acceptors (Lipinski definition) is 4. The third kappa shape index (κ3) is 3.76. The van der Waals surface area contributed by atoms with Crippen LogP contribution in [0.25, 0.3) is 29.1 Å². The lowest BCUT2D eigenvalue weighted by Crippen LogP contribution is -2.26. The molecular formula is C25H21N5O2. The molecule has 1 aromatic carbocycles. The van der Waals surface area contributed by atoms with E-state index >= 15 is 0 Å². The van der Waals surface area contributed by atoms with Crippen molar-refractivity contribution in [2.24, 2.45) is 5.92 Å². The van der Waals surface area contributed by atoms with Crippen molar-refractivity contribution < 1.29 is 9.59 Å². The van der Waals surface area contributed by atoms with Gasteiger partial charge >= 0.3 is 0 Å². The number of aromatic nitrogens is 3. The Morgan fingerprint density at radius 2 is 2.00 bits per heavy atom. The van der Waals surface area contributed by atoms with E-state index in [-0.39, 0.29) is 17.7 Å². The van der Waals surface area contributed by atoms with Crippen LogP contribution in [0.1, 0.15) is 30.2 Å². The third-order valence-corrected chi connectivity index (χ3v) is 5.57. The second-order valence-electron chi connectivity index (χ2n) is 7.78. The molecule has 2 aromatic heterocycles. The monoisotopic (exact) mass is 423 g/mol. The van der Waals surface area contributed by atoms with Gasteiger partial charge in [-0.05, 0) is 60.0 Å². The van der Waals surface area contributed by atoms with Crippen molar-refractivity contribution in [2.75, 3.05) is 0 Å². The minimum Gasteiger partial charge on any atom is -0.325 e. The lowest BCUT2D eigenvalue weighted by atomic mass is 9.90. The fourth-order valence-electron chi connectivity index (χ4n) is 4.08. The molecule has 3 N–H and O–H groups in total. The van der Waals surface area contributed by atoms with E-state index in [0.717, 1.165) is 33.4 Å². The van der Waals surface area contributed by atoms with Crippen molar-refractivity contribution in [1.82, 2.24) is 25.8 Å². The number of pyridine rings is 1. The van der Waals surface area contributed by atoms with Crippen LogP contribution in [0.2, 0.25) is 0 Å². The molecule has 32 heavy (non-hydrogen) atoms. The lowest BCUT2D eigenvalue weighted by Gasteiger charge is -2.18. The lowest BCUT2D eigenvalue weighted by molar-refractivity contribution is -0.118. The first-order valence-corrected chi connectivity index (χ1v) is 10.4. The molecular weight excluding hydrogens is 402 g/mol. The van der Waals surface area contributed by atoms with Gasteiger partial charge in [0, 0.05) is 41.9 Å². The van der Waals surface area contributed by atoms with Gasteiger partial charge in [-0.2, -0.15) is 5.10 Å². The largest absolute Gasteiger partial charge is 0.325 e. The van der Waals surface area contributed by atoms with E-state index in [1.54, 1.807) is 12.4 Å². The standard InChI is InChI=1S/C25H21N5O2/c1-15(31)27-22-4-2-3-18-20(25(32)28-24(18)22)13-17-5-7-19-21(29-30-23(19)14-17)8-6-16-9-11-26-12-10-16/h2,4-14,18H,3H2,1H3,(H,27,31)(H,28,32)(H,29,30)/b8-6+,20-13+. The molecule has 158 valence electrons. The fraction of sp³-hybridized carbons (Fsp3) is 0.120. The van der Waals surface area contributed by atoms with E-state index in [4.69, 9.17) is 0 Å². The smallest absolute Gasteiger partial charge is 0.252 e. The molecule has 3 aromatic rings. The predicted molar refractivity (Wildman–Crippen MR) is 123 cm³/mol. The summed E-state index contributed by atoms with van der Waals surface area (Å²) in [5.74, 6) is -0.393. The molecule has 2 aliphatic rings. The Balaban J connectivity index is 1.44. The normalized spacial score (nSPS) is 19.1. The van der Waals surface area contributed by atoms with Gasteiger partial charge in [0.1, 0.15) is 0 Å². The molecule has 1 atom stereocenters. The summed E-state index contributed by atoms with van der Waals surface area (Å²) in [5, 5.41) is 14.2. The van der Waals surface area contributed by atoms with Gasteiger partial charge in [-0.15, -0.1) is 0 Å². The second kappa shape index (κ2) is 8.11. The number of aromatic amines is 1. The van der Waals surface area contributed by atoms with Gasteiger partial charge in [0.25, 0.3) is 5.91 Å². The Bertz CT molecular complexity index is 1350. The summed E-state index contributed by atoms with van der Waals surface area (Å²) in [7, 11) is 0. The summed E-state index contributed by atoms with van der Waals surface area (Å²) in [6, 6.07) is 9.84. The van der Waals surface area contributed by atoms with Gasteiger partial charge in [0.05, 0.1) is 16.9 Å². The molecule has 7 heteroatoms. The molecule has 3 heterocycles. The quantitative estimate of drug-likeness (QED) is 0.559. The first-order chi connectivity index (χ1) is 15.6. The number of carbonyl (C=O) groups is 2. The van der Waals surface area contributed by atoms with E-state index in [1.807, 2.05) is 60.7 Å². The Morgan fingerprint density at radius 3 is 2.81 bits per heavy atom. The molecule has 1 unspecified atom stereocenters. The van der Waals surface area contributed by atoms with Gasteiger partial charge in [0.15, 0.2) is 0 Å².